The smallest absolute Gasteiger partial charge is 0.336 e. The number of hydrogen-bond donors (Lipinski definition) is 0. The number of esters is 1. The van der Waals surface area contributed by atoms with Gasteiger partial charge in [0.1, 0.15) is 0 Å². The first-order valence-electron chi connectivity index (χ1n) is 12.2. The number of aromatic nitrogens is 3. The van der Waals surface area contributed by atoms with Crippen LogP contribution < -0.4 is 4.90 Å². The Kier molecular flexibility index (Phi) is 8.32. The number of piperazine rings is 1. The quantitative estimate of drug-likeness (QED) is 0.224. The van der Waals surface area contributed by atoms with Gasteiger partial charge in [-0.25, -0.2) is 14.8 Å². The Balaban J connectivity index is 1.28. The van der Waals surface area contributed by atoms with Crippen LogP contribution in [0.1, 0.15) is 38.2 Å². The summed E-state index contributed by atoms with van der Waals surface area (Å²) in [5, 5.41) is 11.9. The summed E-state index contributed by atoms with van der Waals surface area (Å²) in [5.41, 5.74) is 1.64. The van der Waals surface area contributed by atoms with Gasteiger partial charge in [-0.2, -0.15) is 0 Å². The van der Waals surface area contributed by atoms with Crippen LogP contribution in [0.15, 0.2) is 59.2 Å². The zero-order chi connectivity index (χ0) is 25.5. The van der Waals surface area contributed by atoms with Gasteiger partial charge in [0.25, 0.3) is 6.04 Å². The molecule has 0 aliphatic carbocycles. The van der Waals surface area contributed by atoms with Crippen molar-refractivity contribution in [2.75, 3.05) is 44.2 Å². The van der Waals surface area contributed by atoms with Crippen molar-refractivity contribution in [1.29, 1.82) is 0 Å². The summed E-state index contributed by atoms with van der Waals surface area (Å²) in [6.45, 7) is 8.08. The molecule has 2 aromatic rings. The average molecular weight is 494 g/mol. The Morgan fingerprint density at radius 2 is 1.86 bits per heavy atom. The molecule has 0 bridgehead atoms. The van der Waals surface area contributed by atoms with E-state index < -0.39 is 17.9 Å². The van der Waals surface area contributed by atoms with Gasteiger partial charge in [0.15, 0.2) is 0 Å². The number of nitro groups is 1. The molecule has 0 saturated carbocycles. The molecule has 4 heterocycles. The van der Waals surface area contributed by atoms with Gasteiger partial charge >= 0.3 is 5.97 Å². The number of ether oxygens (including phenoxy) is 1. The van der Waals surface area contributed by atoms with Crippen molar-refractivity contribution in [1.82, 2.24) is 19.9 Å². The van der Waals surface area contributed by atoms with E-state index in [1.165, 1.54) is 0 Å². The lowest BCUT2D eigenvalue weighted by Gasteiger charge is -2.34. The predicted molar refractivity (Wildman–Crippen MR) is 134 cm³/mol. The monoisotopic (exact) mass is 493 g/mol. The molecule has 2 aromatic heterocycles. The lowest BCUT2D eigenvalue weighted by atomic mass is 9.81. The first-order chi connectivity index (χ1) is 17.5. The fraction of sp³-hybridized carbons (Fsp3) is 0.480. The topological polar surface area (TPSA) is 127 Å². The number of pyridine rings is 1. The molecule has 2 aliphatic heterocycles. The van der Waals surface area contributed by atoms with Gasteiger partial charge in [-0.05, 0) is 50.9 Å². The Labute approximate surface area is 210 Å². The molecule has 0 N–H and O–H groups in total. The molecule has 11 nitrogen and oxygen atoms in total. The maximum Gasteiger partial charge on any atom is 0.336 e. The summed E-state index contributed by atoms with van der Waals surface area (Å²) in [4.78, 5) is 46.2. The molecule has 2 atom stereocenters. The minimum Gasteiger partial charge on any atom is -0.462 e. The molecule has 0 amide bonds. The Bertz CT molecular complexity index is 1120. The third-order valence-electron chi connectivity index (χ3n) is 6.59. The second-order valence-electron chi connectivity index (χ2n) is 8.97. The maximum absolute atomic E-state index is 13.1. The first kappa shape index (κ1) is 25.4. The van der Waals surface area contributed by atoms with Gasteiger partial charge in [0, 0.05) is 61.6 Å². The van der Waals surface area contributed by atoms with Crippen molar-refractivity contribution in [3.8, 4) is 0 Å². The largest absolute Gasteiger partial charge is 0.462 e. The van der Waals surface area contributed by atoms with Crippen LogP contribution in [0.3, 0.4) is 0 Å². The van der Waals surface area contributed by atoms with Crippen LogP contribution in [-0.4, -0.2) is 81.8 Å². The van der Waals surface area contributed by atoms with E-state index in [-0.39, 0.29) is 17.1 Å². The number of aliphatic imine (C=N–C) groups is 1. The second-order valence-corrected chi connectivity index (χ2v) is 8.97. The van der Waals surface area contributed by atoms with E-state index in [1.54, 1.807) is 50.8 Å². The number of carbonyl (C=O) groups is 1. The second kappa shape index (κ2) is 11.8. The highest BCUT2D eigenvalue weighted by molar-refractivity contribution is 5.98. The molecule has 11 heteroatoms. The van der Waals surface area contributed by atoms with E-state index in [1.807, 2.05) is 6.07 Å². The molecule has 2 aliphatic rings. The summed E-state index contributed by atoms with van der Waals surface area (Å²) in [7, 11) is 0. The third-order valence-corrected chi connectivity index (χ3v) is 6.59. The minimum absolute atomic E-state index is 0.231. The van der Waals surface area contributed by atoms with E-state index in [4.69, 9.17) is 4.74 Å². The van der Waals surface area contributed by atoms with Gasteiger partial charge < -0.3 is 9.64 Å². The molecule has 1 saturated heterocycles. The first-order valence-corrected chi connectivity index (χ1v) is 12.2. The van der Waals surface area contributed by atoms with Crippen LogP contribution in [0.5, 0.6) is 0 Å². The van der Waals surface area contributed by atoms with E-state index in [0.717, 1.165) is 45.1 Å². The van der Waals surface area contributed by atoms with E-state index in [9.17, 15) is 14.9 Å². The predicted octanol–water partition coefficient (Wildman–Crippen LogP) is 2.49. The molecule has 4 rings (SSSR count). The maximum atomic E-state index is 13.1. The number of allylic oxidation sites excluding steroid dienone is 1. The lowest BCUT2D eigenvalue weighted by Crippen LogP contribution is -2.47. The summed E-state index contributed by atoms with van der Waals surface area (Å²) < 4.78 is 5.58. The molecule has 0 spiro atoms. The van der Waals surface area contributed by atoms with Crippen molar-refractivity contribution in [2.45, 2.75) is 38.6 Å². The van der Waals surface area contributed by atoms with Crippen LogP contribution in [0.2, 0.25) is 0 Å². The summed E-state index contributed by atoms with van der Waals surface area (Å²) >= 11 is 0. The molecule has 1 fully saturated rings. The number of nitrogens with zero attached hydrogens (tertiary/aromatic N) is 7. The number of carbonyl (C=O) groups excluding carboxylic acids is 1. The van der Waals surface area contributed by atoms with Crippen LogP contribution in [0.4, 0.5) is 5.95 Å². The summed E-state index contributed by atoms with van der Waals surface area (Å²) in [6, 6.07) is 4.13. The zero-order valence-corrected chi connectivity index (χ0v) is 20.6. The molecule has 0 radical (unpaired) electrons. The standard InChI is InChI=1S/C25H31N7O4/c1-18-21(22(20-7-5-8-26-17-20)23(32(34)35)19(2)29-18)24(33)36-16-4-3-11-30-12-14-31(15-13-30)25-27-9-6-10-28-25/h5-10,17,22-23H,3-4,11-16H2,1-2H3. The highest BCUT2D eigenvalue weighted by Gasteiger charge is 2.44. The highest BCUT2D eigenvalue weighted by Crippen LogP contribution is 2.36. The molecule has 190 valence electrons. The SMILES string of the molecule is CC1=NC(C)=C(C(=O)OCCCCN2CCN(c3ncccn3)CC2)C(c2cccnc2)C1[N+](=O)[O-]. The molecular weight excluding hydrogens is 462 g/mol. The lowest BCUT2D eigenvalue weighted by molar-refractivity contribution is -0.505. The van der Waals surface area contributed by atoms with Gasteiger partial charge in [-0.1, -0.05) is 6.07 Å². The Morgan fingerprint density at radius 1 is 1.11 bits per heavy atom. The van der Waals surface area contributed by atoms with E-state index >= 15 is 0 Å². The van der Waals surface area contributed by atoms with Crippen molar-refractivity contribution in [2.24, 2.45) is 4.99 Å². The molecule has 2 unspecified atom stereocenters. The summed E-state index contributed by atoms with van der Waals surface area (Å²) in [6.07, 6.45) is 8.25. The van der Waals surface area contributed by atoms with Gasteiger partial charge in [-0.15, -0.1) is 0 Å². The number of anilines is 1. The molecular formula is C25H31N7O4. The van der Waals surface area contributed by atoms with Gasteiger partial charge in [0.05, 0.1) is 23.8 Å². The van der Waals surface area contributed by atoms with Crippen molar-refractivity contribution < 1.29 is 14.5 Å². The van der Waals surface area contributed by atoms with Crippen LogP contribution >= 0.6 is 0 Å². The minimum atomic E-state index is -1.14. The van der Waals surface area contributed by atoms with Crippen LogP contribution in [-0.2, 0) is 9.53 Å². The van der Waals surface area contributed by atoms with Gasteiger partial charge in [-0.3, -0.25) is 25.0 Å². The Hall–Kier alpha value is -3.73. The average Bonchev–Trinajstić information content (AvgIpc) is 2.89. The van der Waals surface area contributed by atoms with Crippen LogP contribution in [0, 0.1) is 10.1 Å². The van der Waals surface area contributed by atoms with E-state index in [0.29, 0.717) is 23.4 Å². The summed E-state index contributed by atoms with van der Waals surface area (Å²) in [5.74, 6) is -0.579. The molecule has 36 heavy (non-hydrogen) atoms. The fourth-order valence-corrected chi connectivity index (χ4v) is 4.78. The number of hydrogen-bond acceptors (Lipinski definition) is 10. The number of unbranched alkanes of at least 4 members (excludes halogenated alkanes) is 1. The fourth-order valence-electron chi connectivity index (χ4n) is 4.78. The molecule has 0 aromatic carbocycles. The van der Waals surface area contributed by atoms with Gasteiger partial charge in [0.2, 0.25) is 5.95 Å². The zero-order valence-electron chi connectivity index (χ0n) is 20.6. The van der Waals surface area contributed by atoms with Crippen molar-refractivity contribution in [3.05, 3.63) is 69.9 Å². The van der Waals surface area contributed by atoms with Crippen molar-refractivity contribution in [3.63, 3.8) is 0 Å². The van der Waals surface area contributed by atoms with Crippen LogP contribution in [0.25, 0.3) is 0 Å². The third kappa shape index (κ3) is 5.91. The Morgan fingerprint density at radius 3 is 2.53 bits per heavy atom. The normalized spacial score (nSPS) is 20.7. The highest BCUT2D eigenvalue weighted by atomic mass is 16.6. The van der Waals surface area contributed by atoms with Crippen molar-refractivity contribution >= 4 is 17.6 Å². The van der Waals surface area contributed by atoms with E-state index in [2.05, 4.69) is 29.7 Å². The number of rotatable bonds is 9.